The standard InChI is InChI=1S/C28H28N2O/c1-4-29-24-11-7-5-9-21(24)22-19-20(13-14-25(22)29)15-16-28-27(2,3)23-10-6-8-12-26(23)30(28)17-18-31-28/h5-16,19H,4,17-18H2,1-3H3/b16-15+. The SMILES string of the molecule is CCn1c2ccccc2c2cc(/C=C/C34OCCN3c3ccccc3C4(C)C)ccc21. The van der Waals surface area contributed by atoms with Gasteiger partial charge in [0.2, 0.25) is 0 Å². The lowest BCUT2D eigenvalue weighted by atomic mass is 9.77. The molecular weight excluding hydrogens is 380 g/mol. The van der Waals surface area contributed by atoms with Gasteiger partial charge in [0.15, 0.2) is 5.72 Å². The van der Waals surface area contributed by atoms with Crippen molar-refractivity contribution in [2.75, 3.05) is 18.1 Å². The molecule has 0 radical (unpaired) electrons. The molecule has 1 atom stereocenters. The van der Waals surface area contributed by atoms with Gasteiger partial charge in [-0.3, -0.25) is 0 Å². The van der Waals surface area contributed by atoms with E-state index in [4.69, 9.17) is 4.74 Å². The molecule has 1 aromatic heterocycles. The molecule has 2 aliphatic rings. The maximum Gasteiger partial charge on any atom is 0.170 e. The summed E-state index contributed by atoms with van der Waals surface area (Å²) < 4.78 is 8.90. The van der Waals surface area contributed by atoms with Gasteiger partial charge in [-0.25, -0.2) is 0 Å². The predicted molar refractivity (Wildman–Crippen MR) is 130 cm³/mol. The highest BCUT2D eigenvalue weighted by atomic mass is 16.5. The van der Waals surface area contributed by atoms with E-state index < -0.39 is 5.72 Å². The lowest BCUT2D eigenvalue weighted by molar-refractivity contribution is 0.000337. The van der Waals surface area contributed by atoms with Gasteiger partial charge in [-0.15, -0.1) is 0 Å². The molecule has 6 rings (SSSR count). The maximum atomic E-state index is 6.50. The fourth-order valence-electron chi connectivity index (χ4n) is 5.86. The average molecular weight is 409 g/mol. The second-order valence-electron chi connectivity index (χ2n) is 9.21. The summed E-state index contributed by atoms with van der Waals surface area (Å²) in [6, 6.07) is 24.3. The third-order valence-electron chi connectivity index (χ3n) is 7.42. The van der Waals surface area contributed by atoms with Crippen LogP contribution in [0.25, 0.3) is 27.9 Å². The van der Waals surface area contributed by atoms with Crippen LogP contribution in [-0.4, -0.2) is 23.4 Å². The van der Waals surface area contributed by atoms with Crippen molar-refractivity contribution in [1.29, 1.82) is 0 Å². The highest BCUT2D eigenvalue weighted by molar-refractivity contribution is 6.08. The number of anilines is 1. The van der Waals surface area contributed by atoms with E-state index >= 15 is 0 Å². The molecular formula is C28H28N2O. The fraction of sp³-hybridized carbons (Fsp3) is 0.286. The molecule has 2 aliphatic heterocycles. The Balaban J connectivity index is 1.47. The second kappa shape index (κ2) is 6.48. The van der Waals surface area contributed by atoms with Gasteiger partial charge in [0.1, 0.15) is 0 Å². The van der Waals surface area contributed by atoms with E-state index in [1.54, 1.807) is 0 Å². The molecule has 31 heavy (non-hydrogen) atoms. The summed E-state index contributed by atoms with van der Waals surface area (Å²) in [7, 11) is 0. The van der Waals surface area contributed by atoms with Crippen molar-refractivity contribution in [2.24, 2.45) is 0 Å². The van der Waals surface area contributed by atoms with Crippen molar-refractivity contribution in [3.8, 4) is 0 Å². The Morgan fingerprint density at radius 1 is 0.935 bits per heavy atom. The largest absolute Gasteiger partial charge is 0.349 e. The molecule has 3 aromatic carbocycles. The van der Waals surface area contributed by atoms with Crippen LogP contribution in [-0.2, 0) is 16.7 Å². The third kappa shape index (κ3) is 2.38. The molecule has 0 bridgehead atoms. The smallest absolute Gasteiger partial charge is 0.170 e. The monoisotopic (exact) mass is 408 g/mol. The van der Waals surface area contributed by atoms with Crippen molar-refractivity contribution in [2.45, 2.75) is 38.5 Å². The highest BCUT2D eigenvalue weighted by Gasteiger charge is 2.58. The molecule has 0 saturated carbocycles. The zero-order valence-electron chi connectivity index (χ0n) is 18.4. The minimum atomic E-state index is -0.441. The van der Waals surface area contributed by atoms with E-state index in [1.165, 1.54) is 38.6 Å². The lowest BCUT2D eigenvalue weighted by Crippen LogP contribution is -2.51. The fourth-order valence-corrected chi connectivity index (χ4v) is 5.86. The number of benzene rings is 3. The Labute approximate surface area is 183 Å². The number of rotatable bonds is 3. The van der Waals surface area contributed by atoms with Gasteiger partial charge in [0, 0.05) is 46.0 Å². The molecule has 1 unspecified atom stereocenters. The van der Waals surface area contributed by atoms with Crippen LogP contribution in [0.15, 0.2) is 72.8 Å². The summed E-state index contributed by atoms with van der Waals surface area (Å²) in [5.41, 5.74) is 5.91. The van der Waals surface area contributed by atoms with Gasteiger partial charge in [0.25, 0.3) is 0 Å². The minimum Gasteiger partial charge on any atom is -0.349 e. The Bertz CT molecular complexity index is 1350. The van der Waals surface area contributed by atoms with E-state index in [2.05, 4.69) is 109 Å². The van der Waals surface area contributed by atoms with E-state index in [0.717, 1.165) is 19.7 Å². The van der Waals surface area contributed by atoms with Gasteiger partial charge in [-0.1, -0.05) is 62.4 Å². The zero-order chi connectivity index (χ0) is 21.2. The number of para-hydroxylation sites is 2. The number of nitrogens with zero attached hydrogens (tertiary/aromatic N) is 2. The quantitative estimate of drug-likeness (QED) is 0.393. The molecule has 156 valence electrons. The summed E-state index contributed by atoms with van der Waals surface area (Å²) in [4.78, 5) is 2.44. The molecule has 4 aromatic rings. The molecule has 0 N–H and O–H groups in total. The van der Waals surface area contributed by atoms with Crippen LogP contribution in [0.3, 0.4) is 0 Å². The summed E-state index contributed by atoms with van der Waals surface area (Å²) in [5, 5.41) is 2.63. The van der Waals surface area contributed by atoms with Gasteiger partial charge in [0.05, 0.1) is 6.61 Å². The van der Waals surface area contributed by atoms with Crippen LogP contribution in [0.5, 0.6) is 0 Å². The van der Waals surface area contributed by atoms with Gasteiger partial charge < -0.3 is 14.2 Å². The number of hydrogen-bond donors (Lipinski definition) is 0. The topological polar surface area (TPSA) is 17.4 Å². The Morgan fingerprint density at radius 3 is 2.58 bits per heavy atom. The van der Waals surface area contributed by atoms with Crippen molar-refractivity contribution in [1.82, 2.24) is 4.57 Å². The van der Waals surface area contributed by atoms with Gasteiger partial charge in [-0.2, -0.15) is 0 Å². The minimum absolute atomic E-state index is 0.126. The predicted octanol–water partition coefficient (Wildman–Crippen LogP) is 6.35. The zero-order valence-corrected chi connectivity index (χ0v) is 18.4. The second-order valence-corrected chi connectivity index (χ2v) is 9.21. The van der Waals surface area contributed by atoms with Gasteiger partial charge in [-0.05, 0) is 48.4 Å². The summed E-state index contributed by atoms with van der Waals surface area (Å²) in [5.74, 6) is 0. The average Bonchev–Trinajstić information content (AvgIpc) is 3.42. The molecule has 3 heteroatoms. The lowest BCUT2D eigenvalue weighted by Gasteiger charge is -2.39. The summed E-state index contributed by atoms with van der Waals surface area (Å²) in [6.45, 7) is 9.47. The highest BCUT2D eigenvalue weighted by Crippen LogP contribution is 2.55. The third-order valence-corrected chi connectivity index (χ3v) is 7.42. The van der Waals surface area contributed by atoms with E-state index in [9.17, 15) is 0 Å². The molecule has 3 heterocycles. The van der Waals surface area contributed by atoms with Crippen LogP contribution in [0.1, 0.15) is 31.9 Å². The molecule has 0 amide bonds. The number of aryl methyl sites for hydroxylation is 1. The van der Waals surface area contributed by atoms with Crippen LogP contribution < -0.4 is 4.90 Å². The van der Waals surface area contributed by atoms with Crippen molar-refractivity contribution >= 4 is 33.6 Å². The van der Waals surface area contributed by atoms with Crippen LogP contribution >= 0.6 is 0 Å². The van der Waals surface area contributed by atoms with Crippen LogP contribution in [0, 0.1) is 0 Å². The number of ether oxygens (including phenoxy) is 1. The summed E-state index contributed by atoms with van der Waals surface area (Å²) in [6.07, 6.45) is 4.55. The van der Waals surface area contributed by atoms with Gasteiger partial charge >= 0.3 is 0 Å². The molecule has 3 nitrogen and oxygen atoms in total. The van der Waals surface area contributed by atoms with Crippen LogP contribution in [0.4, 0.5) is 5.69 Å². The molecule has 1 saturated heterocycles. The first-order valence-corrected chi connectivity index (χ1v) is 11.3. The van der Waals surface area contributed by atoms with Crippen molar-refractivity contribution in [3.05, 3.63) is 83.9 Å². The van der Waals surface area contributed by atoms with E-state index in [-0.39, 0.29) is 5.41 Å². The van der Waals surface area contributed by atoms with Crippen LogP contribution in [0.2, 0.25) is 0 Å². The van der Waals surface area contributed by atoms with E-state index in [1.807, 2.05) is 0 Å². The number of hydrogen-bond acceptors (Lipinski definition) is 2. The van der Waals surface area contributed by atoms with Crippen molar-refractivity contribution in [3.63, 3.8) is 0 Å². The Kier molecular flexibility index (Phi) is 3.91. The molecule has 0 spiro atoms. The summed E-state index contributed by atoms with van der Waals surface area (Å²) >= 11 is 0. The van der Waals surface area contributed by atoms with Crippen molar-refractivity contribution < 1.29 is 4.74 Å². The maximum absolute atomic E-state index is 6.50. The molecule has 1 fully saturated rings. The normalized spacial score (nSPS) is 22.0. The first kappa shape index (κ1) is 18.7. The number of aromatic nitrogens is 1. The van der Waals surface area contributed by atoms with E-state index in [0.29, 0.717) is 0 Å². The Morgan fingerprint density at radius 2 is 1.71 bits per heavy atom. The molecule has 0 aliphatic carbocycles. The number of fused-ring (bicyclic) bond motifs is 6. The first-order valence-electron chi connectivity index (χ1n) is 11.3. The Hall–Kier alpha value is -3.04. The first-order chi connectivity index (χ1) is 15.1.